The summed E-state index contributed by atoms with van der Waals surface area (Å²) in [4.78, 5) is 23.0. The van der Waals surface area contributed by atoms with Gasteiger partial charge in [-0.3, -0.25) is 9.69 Å². The number of alkyl halides is 3. The van der Waals surface area contributed by atoms with Crippen molar-refractivity contribution in [1.29, 1.82) is 0 Å². The summed E-state index contributed by atoms with van der Waals surface area (Å²) < 4.78 is 44.1. The van der Waals surface area contributed by atoms with E-state index in [0.29, 0.717) is 44.2 Å². The molecule has 0 bridgehead atoms. The van der Waals surface area contributed by atoms with Gasteiger partial charge >= 0.3 is 6.18 Å². The van der Waals surface area contributed by atoms with Gasteiger partial charge in [0.2, 0.25) is 11.7 Å². The van der Waals surface area contributed by atoms with Crippen LogP contribution in [0.3, 0.4) is 0 Å². The van der Waals surface area contributed by atoms with Gasteiger partial charge in [-0.1, -0.05) is 23.4 Å². The van der Waals surface area contributed by atoms with Crippen LogP contribution in [-0.2, 0) is 12.7 Å². The van der Waals surface area contributed by atoms with Crippen LogP contribution in [0.5, 0.6) is 0 Å². The summed E-state index contributed by atoms with van der Waals surface area (Å²) in [5, 5.41) is 3.83. The SMILES string of the molecule is CN(C)c1cccc(C(=O)N2CCN(Cc3nc(-c4cccc(C(F)(F)F)c4)no3)CC2)c1. The lowest BCUT2D eigenvalue weighted by Gasteiger charge is -2.34. The normalized spacial score (nSPS) is 15.0. The summed E-state index contributed by atoms with van der Waals surface area (Å²) in [5.74, 6) is 0.425. The van der Waals surface area contributed by atoms with Gasteiger partial charge in [0, 0.05) is 57.1 Å². The molecule has 33 heavy (non-hydrogen) atoms. The molecule has 7 nitrogen and oxygen atoms in total. The molecule has 1 aliphatic heterocycles. The van der Waals surface area contributed by atoms with E-state index in [4.69, 9.17) is 4.52 Å². The first-order chi connectivity index (χ1) is 15.7. The largest absolute Gasteiger partial charge is 0.416 e. The number of benzene rings is 2. The van der Waals surface area contributed by atoms with E-state index in [1.54, 1.807) is 0 Å². The van der Waals surface area contributed by atoms with Gasteiger partial charge in [-0.2, -0.15) is 18.2 Å². The third kappa shape index (κ3) is 5.33. The second-order valence-corrected chi connectivity index (χ2v) is 8.10. The molecule has 1 fully saturated rings. The average Bonchev–Trinajstić information content (AvgIpc) is 3.27. The first-order valence-electron chi connectivity index (χ1n) is 10.5. The molecule has 174 valence electrons. The molecule has 2 aromatic carbocycles. The second kappa shape index (κ2) is 9.22. The number of amides is 1. The third-order valence-electron chi connectivity index (χ3n) is 5.54. The van der Waals surface area contributed by atoms with Gasteiger partial charge in [0.05, 0.1) is 12.1 Å². The van der Waals surface area contributed by atoms with E-state index < -0.39 is 11.7 Å². The molecule has 1 amide bonds. The van der Waals surface area contributed by atoms with Gasteiger partial charge in [-0.15, -0.1) is 0 Å². The molecule has 0 N–H and O–H groups in total. The lowest BCUT2D eigenvalue weighted by Crippen LogP contribution is -2.48. The molecule has 1 saturated heterocycles. The van der Waals surface area contributed by atoms with Gasteiger partial charge in [-0.05, 0) is 30.3 Å². The van der Waals surface area contributed by atoms with Crippen molar-refractivity contribution < 1.29 is 22.5 Å². The number of nitrogens with zero attached hydrogens (tertiary/aromatic N) is 5. The lowest BCUT2D eigenvalue weighted by molar-refractivity contribution is -0.137. The highest BCUT2D eigenvalue weighted by Gasteiger charge is 2.31. The summed E-state index contributed by atoms with van der Waals surface area (Å²) >= 11 is 0. The highest BCUT2D eigenvalue weighted by molar-refractivity contribution is 5.95. The number of rotatable bonds is 5. The highest BCUT2D eigenvalue weighted by atomic mass is 19.4. The molecular weight excluding hydrogens is 435 g/mol. The predicted octanol–water partition coefficient (Wildman–Crippen LogP) is 3.78. The van der Waals surface area contributed by atoms with Crippen LogP contribution in [0.15, 0.2) is 53.1 Å². The van der Waals surface area contributed by atoms with Gasteiger partial charge in [0.1, 0.15) is 0 Å². The Morgan fingerprint density at radius 2 is 1.79 bits per heavy atom. The summed E-state index contributed by atoms with van der Waals surface area (Å²) in [5.41, 5.74) is 1.10. The number of hydrogen-bond donors (Lipinski definition) is 0. The smallest absolute Gasteiger partial charge is 0.378 e. The molecule has 4 rings (SSSR count). The zero-order valence-electron chi connectivity index (χ0n) is 18.3. The summed E-state index contributed by atoms with van der Waals surface area (Å²) in [6.07, 6.45) is -4.44. The van der Waals surface area contributed by atoms with Crippen LogP contribution in [0, 0.1) is 0 Å². The number of carbonyl (C=O) groups excluding carboxylic acids is 1. The molecular formula is C23H24F3N5O2. The standard InChI is InChI=1S/C23H24F3N5O2/c1-29(2)19-8-4-6-17(14-19)22(32)31-11-9-30(10-12-31)15-20-27-21(28-33-20)16-5-3-7-18(13-16)23(24,25)26/h3-8,13-14H,9-12,15H2,1-2H3. The lowest BCUT2D eigenvalue weighted by atomic mass is 10.1. The molecule has 10 heteroatoms. The Morgan fingerprint density at radius 1 is 1.06 bits per heavy atom. The van der Waals surface area contributed by atoms with Crippen molar-refractivity contribution in [3.8, 4) is 11.4 Å². The monoisotopic (exact) mass is 459 g/mol. The van der Waals surface area contributed by atoms with E-state index in [0.717, 1.165) is 17.8 Å². The second-order valence-electron chi connectivity index (χ2n) is 8.10. The van der Waals surface area contributed by atoms with E-state index in [1.807, 2.05) is 48.2 Å². The molecule has 0 unspecified atom stereocenters. The number of carbonyl (C=O) groups is 1. The zero-order valence-corrected chi connectivity index (χ0v) is 18.3. The molecule has 1 aliphatic rings. The maximum absolute atomic E-state index is 12.9. The fourth-order valence-corrected chi connectivity index (χ4v) is 3.67. The number of halogens is 3. The fourth-order valence-electron chi connectivity index (χ4n) is 3.67. The summed E-state index contributed by atoms with van der Waals surface area (Å²) in [7, 11) is 3.86. The van der Waals surface area contributed by atoms with E-state index >= 15 is 0 Å². The van der Waals surface area contributed by atoms with E-state index in [-0.39, 0.29) is 17.3 Å². The van der Waals surface area contributed by atoms with Gasteiger partial charge in [0.15, 0.2) is 0 Å². The van der Waals surface area contributed by atoms with Crippen LogP contribution < -0.4 is 4.90 Å². The van der Waals surface area contributed by atoms with Gasteiger partial charge in [0.25, 0.3) is 5.91 Å². The Balaban J connectivity index is 1.35. The van der Waals surface area contributed by atoms with Crippen molar-refractivity contribution in [2.45, 2.75) is 12.7 Å². The molecule has 0 radical (unpaired) electrons. The van der Waals surface area contributed by atoms with Crippen molar-refractivity contribution in [1.82, 2.24) is 19.9 Å². The zero-order chi connectivity index (χ0) is 23.6. The number of hydrogen-bond acceptors (Lipinski definition) is 6. The van der Waals surface area contributed by atoms with Crippen molar-refractivity contribution in [3.63, 3.8) is 0 Å². The van der Waals surface area contributed by atoms with E-state index in [1.165, 1.54) is 12.1 Å². The topological polar surface area (TPSA) is 65.7 Å². The minimum Gasteiger partial charge on any atom is -0.378 e. The predicted molar refractivity (Wildman–Crippen MR) is 117 cm³/mol. The summed E-state index contributed by atoms with van der Waals surface area (Å²) in [6.45, 7) is 2.73. The van der Waals surface area contributed by atoms with Crippen LogP contribution in [0.2, 0.25) is 0 Å². The first kappa shape index (κ1) is 22.8. The quantitative estimate of drug-likeness (QED) is 0.579. The third-order valence-corrected chi connectivity index (χ3v) is 5.54. The molecule has 0 spiro atoms. The molecule has 2 heterocycles. The van der Waals surface area contributed by atoms with E-state index in [9.17, 15) is 18.0 Å². The Labute approximate surface area is 189 Å². The van der Waals surface area contributed by atoms with Gasteiger partial charge in [-0.25, -0.2) is 0 Å². The van der Waals surface area contributed by atoms with Crippen LogP contribution >= 0.6 is 0 Å². The van der Waals surface area contributed by atoms with Crippen molar-refractivity contribution in [3.05, 3.63) is 65.5 Å². The molecule has 0 aliphatic carbocycles. The molecule has 0 saturated carbocycles. The van der Waals surface area contributed by atoms with Gasteiger partial charge < -0.3 is 14.3 Å². The number of anilines is 1. The highest BCUT2D eigenvalue weighted by Crippen LogP contribution is 2.31. The van der Waals surface area contributed by atoms with Crippen LogP contribution in [-0.4, -0.2) is 66.1 Å². The molecule has 0 atom stereocenters. The van der Waals surface area contributed by atoms with Crippen molar-refractivity contribution in [2.75, 3.05) is 45.2 Å². The maximum atomic E-state index is 12.9. The van der Waals surface area contributed by atoms with E-state index in [2.05, 4.69) is 15.0 Å². The average molecular weight is 459 g/mol. The van der Waals surface area contributed by atoms with Crippen molar-refractivity contribution in [2.24, 2.45) is 0 Å². The number of aromatic nitrogens is 2. The minimum atomic E-state index is -4.44. The van der Waals surface area contributed by atoms with Crippen LogP contribution in [0.1, 0.15) is 21.8 Å². The maximum Gasteiger partial charge on any atom is 0.416 e. The Kier molecular flexibility index (Phi) is 6.37. The van der Waals surface area contributed by atoms with Crippen LogP contribution in [0.25, 0.3) is 11.4 Å². The molecule has 3 aromatic rings. The number of piperazine rings is 1. The fraction of sp³-hybridized carbons (Fsp3) is 0.348. The van der Waals surface area contributed by atoms with Crippen molar-refractivity contribution >= 4 is 11.6 Å². The first-order valence-corrected chi connectivity index (χ1v) is 10.5. The molecule has 1 aromatic heterocycles. The Morgan fingerprint density at radius 3 is 2.48 bits per heavy atom. The van der Waals surface area contributed by atoms with Crippen LogP contribution in [0.4, 0.5) is 18.9 Å². The minimum absolute atomic E-state index is 0.0111. The Bertz CT molecular complexity index is 1120. The Hall–Kier alpha value is -3.40. The summed E-state index contributed by atoms with van der Waals surface area (Å²) in [6, 6.07) is 12.4.